The highest BCUT2D eigenvalue weighted by Gasteiger charge is 2.34. The molecule has 0 saturated heterocycles. The Labute approximate surface area is 200 Å². The third-order valence-electron chi connectivity index (χ3n) is 4.17. The molecule has 0 amide bonds. The van der Waals surface area contributed by atoms with Crippen LogP contribution in [0.4, 0.5) is 13.2 Å². The monoisotopic (exact) mass is 536 g/mol. The van der Waals surface area contributed by atoms with Crippen LogP contribution in [0.25, 0.3) is 5.69 Å². The summed E-state index contributed by atoms with van der Waals surface area (Å²) < 4.78 is 75.1. The zero-order valence-electron chi connectivity index (χ0n) is 17.0. The average Bonchev–Trinajstić information content (AvgIpc) is 2.74. The minimum absolute atomic E-state index is 0.0649. The number of aromatic nitrogens is 2. The number of rotatable bonds is 6. The predicted molar refractivity (Wildman–Crippen MR) is 115 cm³/mol. The van der Waals surface area contributed by atoms with E-state index in [1.807, 2.05) is 0 Å². The highest BCUT2D eigenvalue weighted by Crippen LogP contribution is 2.34. The number of nitrogens with zero attached hydrogens (tertiary/aromatic N) is 2. The second-order valence-corrected chi connectivity index (χ2v) is 8.79. The molecular formula is C20H13Cl2F3N2O6S. The molecular weight excluding hydrogens is 524 g/mol. The maximum absolute atomic E-state index is 13.1. The van der Waals surface area contributed by atoms with Crippen molar-refractivity contribution in [3.05, 3.63) is 80.2 Å². The summed E-state index contributed by atoms with van der Waals surface area (Å²) in [5.41, 5.74) is -2.94. The summed E-state index contributed by atoms with van der Waals surface area (Å²) in [5.74, 6) is -2.04. The van der Waals surface area contributed by atoms with Gasteiger partial charge in [0.05, 0.1) is 34.0 Å². The van der Waals surface area contributed by atoms with Crippen molar-refractivity contribution >= 4 is 39.3 Å². The fraction of sp³-hybridized carbons (Fsp3) is 0.150. The Hall–Kier alpha value is -3.09. The standard InChI is InChI=1S/C20H13Cl2F3N2O6S/c1-2-32-19(29)18-15(10-17(28)27(26-18)14-6-4-3-5-12(14)21)33-34(30,31)16-9-11(20(23,24)25)7-8-13(16)22/h3-10H,2H2,1H3. The summed E-state index contributed by atoms with van der Waals surface area (Å²) in [4.78, 5) is 24.0. The first-order chi connectivity index (χ1) is 15.8. The maximum atomic E-state index is 13.1. The maximum Gasteiger partial charge on any atom is 0.416 e. The second-order valence-electron chi connectivity index (χ2n) is 6.46. The molecule has 0 spiro atoms. The largest absolute Gasteiger partial charge is 0.461 e. The molecule has 0 fully saturated rings. The summed E-state index contributed by atoms with van der Waals surface area (Å²) in [5, 5.41) is 3.33. The lowest BCUT2D eigenvalue weighted by Crippen LogP contribution is -2.26. The lowest BCUT2D eigenvalue weighted by molar-refractivity contribution is -0.137. The molecule has 0 saturated carbocycles. The quantitative estimate of drug-likeness (QED) is 0.337. The lowest BCUT2D eigenvalue weighted by atomic mass is 10.2. The summed E-state index contributed by atoms with van der Waals surface area (Å²) in [6.45, 7) is 1.32. The molecule has 1 aromatic heterocycles. The minimum atomic E-state index is -5.05. The third-order valence-corrected chi connectivity index (χ3v) is 6.21. The van der Waals surface area contributed by atoms with E-state index in [2.05, 4.69) is 5.10 Å². The van der Waals surface area contributed by atoms with E-state index in [4.69, 9.17) is 32.1 Å². The van der Waals surface area contributed by atoms with Crippen LogP contribution in [0.1, 0.15) is 23.0 Å². The molecule has 0 bridgehead atoms. The summed E-state index contributed by atoms with van der Waals surface area (Å²) >= 11 is 11.9. The molecule has 3 aromatic rings. The Balaban J connectivity index is 2.16. The number of hydrogen-bond donors (Lipinski definition) is 0. The van der Waals surface area contributed by atoms with Gasteiger partial charge in [0, 0.05) is 0 Å². The van der Waals surface area contributed by atoms with Gasteiger partial charge in [-0.3, -0.25) is 4.79 Å². The molecule has 2 aromatic carbocycles. The van der Waals surface area contributed by atoms with E-state index < -0.39 is 54.7 Å². The van der Waals surface area contributed by atoms with Crippen molar-refractivity contribution in [3.63, 3.8) is 0 Å². The molecule has 0 atom stereocenters. The number of halogens is 5. The fourth-order valence-electron chi connectivity index (χ4n) is 2.68. The van der Waals surface area contributed by atoms with Crippen LogP contribution in [0.2, 0.25) is 10.0 Å². The topological polar surface area (TPSA) is 105 Å². The number of alkyl halides is 3. The van der Waals surface area contributed by atoms with Crippen LogP contribution in [0.3, 0.4) is 0 Å². The van der Waals surface area contributed by atoms with Crippen molar-refractivity contribution in [3.8, 4) is 11.4 Å². The van der Waals surface area contributed by atoms with Crippen molar-refractivity contribution in [2.24, 2.45) is 0 Å². The van der Waals surface area contributed by atoms with Crippen molar-refractivity contribution in [2.75, 3.05) is 6.61 Å². The fourth-order valence-corrected chi connectivity index (χ4v) is 4.32. The van der Waals surface area contributed by atoms with Crippen LogP contribution in [0, 0.1) is 0 Å². The van der Waals surface area contributed by atoms with E-state index in [9.17, 15) is 31.2 Å². The Kier molecular flexibility index (Phi) is 7.24. The first-order valence-electron chi connectivity index (χ1n) is 9.22. The number of para-hydroxylation sites is 1. The number of esters is 1. The van der Waals surface area contributed by atoms with E-state index in [-0.39, 0.29) is 23.4 Å². The molecule has 0 aliphatic rings. The average molecular weight is 537 g/mol. The van der Waals surface area contributed by atoms with Gasteiger partial charge in [0.25, 0.3) is 5.56 Å². The third kappa shape index (κ3) is 5.34. The number of benzene rings is 2. The van der Waals surface area contributed by atoms with Gasteiger partial charge in [-0.1, -0.05) is 35.3 Å². The Morgan fingerprint density at radius 2 is 1.76 bits per heavy atom. The Bertz CT molecular complexity index is 1420. The summed E-state index contributed by atoms with van der Waals surface area (Å²) in [6, 6.07) is 8.14. The van der Waals surface area contributed by atoms with E-state index >= 15 is 0 Å². The normalized spacial score (nSPS) is 11.8. The molecule has 8 nitrogen and oxygen atoms in total. The molecule has 1 heterocycles. The minimum Gasteiger partial charge on any atom is -0.461 e. The van der Waals surface area contributed by atoms with Gasteiger partial charge in [0.15, 0.2) is 5.75 Å². The van der Waals surface area contributed by atoms with E-state index in [0.29, 0.717) is 16.8 Å². The lowest BCUT2D eigenvalue weighted by Gasteiger charge is -2.14. The van der Waals surface area contributed by atoms with Crippen molar-refractivity contribution in [1.29, 1.82) is 0 Å². The van der Waals surface area contributed by atoms with Gasteiger partial charge < -0.3 is 8.92 Å². The number of hydrogen-bond acceptors (Lipinski definition) is 7. The van der Waals surface area contributed by atoms with E-state index in [0.717, 1.165) is 6.07 Å². The Morgan fingerprint density at radius 1 is 1.09 bits per heavy atom. The van der Waals surface area contributed by atoms with Crippen LogP contribution < -0.4 is 9.74 Å². The van der Waals surface area contributed by atoms with Crippen LogP contribution in [0.5, 0.6) is 5.75 Å². The van der Waals surface area contributed by atoms with Gasteiger partial charge in [0.2, 0.25) is 5.69 Å². The first kappa shape index (κ1) is 25.5. The van der Waals surface area contributed by atoms with Crippen molar-refractivity contribution in [2.45, 2.75) is 18.0 Å². The summed E-state index contributed by atoms with van der Waals surface area (Å²) in [6.07, 6.45) is -4.87. The van der Waals surface area contributed by atoms with Crippen molar-refractivity contribution in [1.82, 2.24) is 9.78 Å². The molecule has 14 heteroatoms. The van der Waals surface area contributed by atoms with Gasteiger partial charge in [-0.05, 0) is 37.3 Å². The highest BCUT2D eigenvalue weighted by molar-refractivity contribution is 7.87. The van der Waals surface area contributed by atoms with Gasteiger partial charge >= 0.3 is 22.3 Å². The zero-order valence-corrected chi connectivity index (χ0v) is 19.3. The molecule has 3 rings (SSSR count). The molecule has 0 radical (unpaired) electrons. The smallest absolute Gasteiger partial charge is 0.416 e. The predicted octanol–water partition coefficient (Wildman–Crippen LogP) is 4.50. The molecule has 0 aliphatic heterocycles. The van der Waals surface area contributed by atoms with Gasteiger partial charge in [-0.15, -0.1) is 0 Å². The number of ether oxygens (including phenoxy) is 1. The molecule has 0 aliphatic carbocycles. The van der Waals surface area contributed by atoms with Crippen LogP contribution in [-0.2, 0) is 21.0 Å². The highest BCUT2D eigenvalue weighted by atomic mass is 35.5. The van der Waals surface area contributed by atoms with Crippen LogP contribution in [0.15, 0.2) is 58.2 Å². The van der Waals surface area contributed by atoms with Gasteiger partial charge in [-0.2, -0.15) is 31.4 Å². The van der Waals surface area contributed by atoms with Gasteiger partial charge in [0.1, 0.15) is 4.90 Å². The van der Waals surface area contributed by atoms with Crippen LogP contribution >= 0.6 is 23.2 Å². The zero-order chi connectivity index (χ0) is 25.3. The van der Waals surface area contributed by atoms with Gasteiger partial charge in [-0.25, -0.2) is 4.79 Å². The van der Waals surface area contributed by atoms with E-state index in [1.165, 1.54) is 25.1 Å². The second kappa shape index (κ2) is 9.65. The molecule has 0 N–H and O–H groups in total. The van der Waals surface area contributed by atoms with Crippen LogP contribution in [-0.4, -0.2) is 30.8 Å². The first-order valence-corrected chi connectivity index (χ1v) is 11.4. The molecule has 0 unspecified atom stereocenters. The number of carbonyl (C=O) groups excluding carboxylic acids is 1. The van der Waals surface area contributed by atoms with E-state index in [1.54, 1.807) is 6.07 Å². The SMILES string of the molecule is CCOC(=O)c1nn(-c2ccccc2Cl)c(=O)cc1OS(=O)(=O)c1cc(C(F)(F)F)ccc1Cl. The Morgan fingerprint density at radius 3 is 2.38 bits per heavy atom. The molecule has 180 valence electrons. The number of carbonyl (C=O) groups is 1. The molecule has 34 heavy (non-hydrogen) atoms. The van der Waals surface area contributed by atoms with Crippen molar-refractivity contribution < 1.29 is 35.3 Å². The summed E-state index contributed by atoms with van der Waals surface area (Å²) in [7, 11) is -5.05.